The number of amides is 1. The maximum Gasteiger partial charge on any atom is 0.254 e. The molecule has 1 aromatic carbocycles. The third-order valence-electron chi connectivity index (χ3n) is 3.75. The lowest BCUT2D eigenvalue weighted by Gasteiger charge is -2.41. The Morgan fingerprint density at radius 3 is 2.58 bits per heavy atom. The largest absolute Gasteiger partial charge is 0.381 e. The third kappa shape index (κ3) is 2.66. The molecule has 0 radical (unpaired) electrons. The van der Waals surface area contributed by atoms with Crippen molar-refractivity contribution in [2.75, 3.05) is 6.54 Å². The third-order valence-corrected chi connectivity index (χ3v) is 3.75. The highest BCUT2D eigenvalue weighted by molar-refractivity contribution is 5.84. The number of benzene rings is 1. The Morgan fingerprint density at radius 2 is 2.00 bits per heavy atom. The lowest BCUT2D eigenvalue weighted by atomic mass is 9.77. The van der Waals surface area contributed by atoms with Gasteiger partial charge in [0, 0.05) is 18.5 Å². The van der Waals surface area contributed by atoms with Crippen LogP contribution in [0.2, 0.25) is 0 Å². The highest BCUT2D eigenvalue weighted by atomic mass is 16.3. The summed E-state index contributed by atoms with van der Waals surface area (Å²) in [6, 6.07) is 6.42. The van der Waals surface area contributed by atoms with Gasteiger partial charge in [0.25, 0.3) is 5.91 Å². The summed E-state index contributed by atoms with van der Waals surface area (Å²) in [5.74, 6) is -0.201. The number of hydrogen-bond acceptors (Lipinski definition) is 2. The summed E-state index contributed by atoms with van der Waals surface area (Å²) in [7, 11) is 0. The van der Waals surface area contributed by atoms with E-state index in [2.05, 4.69) is 39.0 Å². The molecule has 3 heteroatoms. The fraction of sp³-hybridized carbons (Fsp3) is 0.562. The van der Waals surface area contributed by atoms with E-state index < -0.39 is 5.60 Å². The second kappa shape index (κ2) is 4.34. The fourth-order valence-corrected chi connectivity index (χ4v) is 2.87. The van der Waals surface area contributed by atoms with Gasteiger partial charge in [0.1, 0.15) is 5.60 Å². The van der Waals surface area contributed by atoms with Crippen molar-refractivity contribution in [1.29, 1.82) is 0 Å². The van der Waals surface area contributed by atoms with Crippen LogP contribution in [0.15, 0.2) is 18.2 Å². The van der Waals surface area contributed by atoms with E-state index in [1.54, 1.807) is 18.7 Å². The van der Waals surface area contributed by atoms with E-state index in [1.807, 2.05) is 0 Å². The van der Waals surface area contributed by atoms with E-state index in [0.29, 0.717) is 13.1 Å². The predicted molar refractivity (Wildman–Crippen MR) is 75.9 cm³/mol. The Hall–Kier alpha value is -1.35. The van der Waals surface area contributed by atoms with Crippen LogP contribution < -0.4 is 0 Å². The molecule has 0 saturated heterocycles. The number of hydrogen-bond donors (Lipinski definition) is 1. The van der Waals surface area contributed by atoms with Crippen molar-refractivity contribution < 1.29 is 9.90 Å². The van der Waals surface area contributed by atoms with Crippen LogP contribution in [0.4, 0.5) is 0 Å². The molecule has 0 aromatic heterocycles. The van der Waals surface area contributed by atoms with Crippen molar-refractivity contribution in [2.45, 2.75) is 52.2 Å². The maximum absolute atomic E-state index is 12.3. The molecule has 0 fully saturated rings. The van der Waals surface area contributed by atoms with E-state index in [0.717, 1.165) is 0 Å². The highest BCUT2D eigenvalue weighted by Crippen LogP contribution is 2.34. The molecule has 1 aromatic rings. The van der Waals surface area contributed by atoms with Gasteiger partial charge in [0.15, 0.2) is 0 Å². The van der Waals surface area contributed by atoms with Crippen molar-refractivity contribution in [2.24, 2.45) is 0 Å². The number of aryl methyl sites for hydroxylation is 1. The Bertz CT molecular complexity index is 512. The second-order valence-electron chi connectivity index (χ2n) is 6.76. The van der Waals surface area contributed by atoms with Crippen LogP contribution in [-0.4, -0.2) is 28.1 Å². The molecule has 0 spiro atoms. The van der Waals surface area contributed by atoms with Crippen LogP contribution in [-0.2, 0) is 16.8 Å². The molecular weight excluding hydrogens is 238 g/mol. The van der Waals surface area contributed by atoms with Crippen LogP contribution in [0.25, 0.3) is 0 Å². The van der Waals surface area contributed by atoms with Gasteiger partial charge in [-0.05, 0) is 31.9 Å². The minimum Gasteiger partial charge on any atom is -0.381 e. The van der Waals surface area contributed by atoms with Crippen LogP contribution in [0.3, 0.4) is 0 Å². The second-order valence-corrected chi connectivity index (χ2v) is 6.76. The summed E-state index contributed by atoms with van der Waals surface area (Å²) in [6.07, 6.45) is 0. The first-order valence-electron chi connectivity index (χ1n) is 6.73. The Balaban J connectivity index is 2.40. The molecular formula is C16H23NO2. The normalized spacial score (nSPS) is 18.1. The molecule has 2 rings (SSSR count). The standard InChI is InChI=1S/C16H23NO2/c1-11-6-7-13-12(8-11)9-17(10-15(13,2)3)14(18)16(4,5)19/h6-8,19H,9-10H2,1-5H3. The molecule has 3 nitrogen and oxygen atoms in total. The molecule has 0 aliphatic carbocycles. The monoisotopic (exact) mass is 261 g/mol. The Labute approximate surface area is 115 Å². The van der Waals surface area contributed by atoms with E-state index >= 15 is 0 Å². The predicted octanol–water partition coefficient (Wildman–Crippen LogP) is 2.39. The van der Waals surface area contributed by atoms with Gasteiger partial charge >= 0.3 is 0 Å². The van der Waals surface area contributed by atoms with Gasteiger partial charge in [0.05, 0.1) is 0 Å². The molecule has 1 heterocycles. The summed E-state index contributed by atoms with van der Waals surface area (Å²) < 4.78 is 0. The van der Waals surface area contributed by atoms with Gasteiger partial charge in [-0.2, -0.15) is 0 Å². The van der Waals surface area contributed by atoms with Crippen LogP contribution in [0.5, 0.6) is 0 Å². The molecule has 104 valence electrons. The molecule has 0 atom stereocenters. The minimum atomic E-state index is -1.31. The fourth-order valence-electron chi connectivity index (χ4n) is 2.87. The smallest absolute Gasteiger partial charge is 0.254 e. The summed E-state index contributed by atoms with van der Waals surface area (Å²) in [4.78, 5) is 14.0. The first-order chi connectivity index (χ1) is 8.61. The van der Waals surface area contributed by atoms with Gasteiger partial charge < -0.3 is 10.0 Å². The van der Waals surface area contributed by atoms with Crippen molar-refractivity contribution in [3.63, 3.8) is 0 Å². The Kier molecular flexibility index (Phi) is 3.21. The van der Waals surface area contributed by atoms with E-state index in [9.17, 15) is 9.90 Å². The van der Waals surface area contributed by atoms with E-state index in [1.165, 1.54) is 16.7 Å². The minimum absolute atomic E-state index is 0.0812. The topological polar surface area (TPSA) is 40.5 Å². The number of carbonyl (C=O) groups is 1. The molecule has 1 N–H and O–H groups in total. The lowest BCUT2D eigenvalue weighted by molar-refractivity contribution is -0.149. The van der Waals surface area contributed by atoms with Crippen molar-refractivity contribution in [3.8, 4) is 0 Å². The number of nitrogens with zero attached hydrogens (tertiary/aromatic N) is 1. The number of fused-ring (bicyclic) bond motifs is 1. The van der Waals surface area contributed by atoms with Crippen LogP contribution in [0.1, 0.15) is 44.4 Å². The van der Waals surface area contributed by atoms with E-state index in [4.69, 9.17) is 0 Å². The Morgan fingerprint density at radius 1 is 1.37 bits per heavy atom. The molecule has 1 aliphatic heterocycles. The van der Waals surface area contributed by atoms with Crippen LogP contribution >= 0.6 is 0 Å². The molecule has 0 unspecified atom stereocenters. The quantitative estimate of drug-likeness (QED) is 0.843. The van der Waals surface area contributed by atoms with E-state index in [-0.39, 0.29) is 11.3 Å². The van der Waals surface area contributed by atoms with Gasteiger partial charge in [-0.15, -0.1) is 0 Å². The molecule has 1 amide bonds. The molecule has 0 saturated carbocycles. The van der Waals surface area contributed by atoms with Gasteiger partial charge in [-0.3, -0.25) is 4.79 Å². The summed E-state index contributed by atoms with van der Waals surface area (Å²) in [6.45, 7) is 10.7. The lowest BCUT2D eigenvalue weighted by Crippen LogP contribution is -2.51. The molecule has 0 bridgehead atoms. The first-order valence-corrected chi connectivity index (χ1v) is 6.73. The van der Waals surface area contributed by atoms with Gasteiger partial charge in [0.2, 0.25) is 0 Å². The van der Waals surface area contributed by atoms with Crippen molar-refractivity contribution >= 4 is 5.91 Å². The van der Waals surface area contributed by atoms with Crippen molar-refractivity contribution in [3.05, 3.63) is 34.9 Å². The average Bonchev–Trinajstić information content (AvgIpc) is 2.24. The van der Waals surface area contributed by atoms with Crippen LogP contribution in [0, 0.1) is 6.92 Å². The van der Waals surface area contributed by atoms with Crippen molar-refractivity contribution in [1.82, 2.24) is 4.90 Å². The number of carbonyl (C=O) groups excluding carboxylic acids is 1. The zero-order chi connectivity index (χ0) is 14.4. The SMILES string of the molecule is Cc1ccc2c(c1)CN(C(=O)C(C)(C)O)CC2(C)C. The maximum atomic E-state index is 12.3. The molecule has 19 heavy (non-hydrogen) atoms. The zero-order valence-electron chi connectivity index (χ0n) is 12.4. The zero-order valence-corrected chi connectivity index (χ0v) is 12.4. The first kappa shape index (κ1) is 14.1. The summed E-state index contributed by atoms with van der Waals surface area (Å²) >= 11 is 0. The van der Waals surface area contributed by atoms with Gasteiger partial charge in [-0.1, -0.05) is 37.6 Å². The number of aliphatic hydroxyl groups is 1. The summed E-state index contributed by atoms with van der Waals surface area (Å²) in [5, 5.41) is 9.92. The average molecular weight is 261 g/mol. The highest BCUT2D eigenvalue weighted by Gasteiger charge is 2.38. The number of rotatable bonds is 1. The summed E-state index contributed by atoms with van der Waals surface area (Å²) in [5.41, 5.74) is 2.30. The molecule has 1 aliphatic rings. The van der Waals surface area contributed by atoms with Gasteiger partial charge in [-0.25, -0.2) is 0 Å².